The van der Waals surface area contributed by atoms with Crippen molar-refractivity contribution >= 4 is 34.4 Å². The first-order chi connectivity index (χ1) is 9.63. The van der Waals surface area contributed by atoms with Gasteiger partial charge in [-0.25, -0.2) is 4.98 Å². The number of morpholine rings is 1. The third-order valence-electron chi connectivity index (χ3n) is 3.25. The number of hydrogen-bond acceptors (Lipinski definition) is 5. The third kappa shape index (κ3) is 3.72. The first kappa shape index (κ1) is 15.8. The van der Waals surface area contributed by atoms with Crippen molar-refractivity contribution in [3.05, 3.63) is 9.26 Å². The molecule has 1 fully saturated rings. The standard InChI is InChI=1S/C14H23IN4O/c1-4-5-16-13-11(15)12(10(2)3)17-14(18-13)19-6-8-20-9-7-19/h10H,4-9H2,1-3H3,(H,16,17,18). The molecule has 2 rings (SSSR count). The fraction of sp³-hybridized carbons (Fsp3) is 0.714. The molecule has 1 saturated heterocycles. The molecule has 0 bridgehead atoms. The van der Waals surface area contributed by atoms with E-state index in [1.54, 1.807) is 0 Å². The zero-order valence-corrected chi connectivity index (χ0v) is 14.6. The molecule has 2 heterocycles. The molecular formula is C14H23IN4O. The Morgan fingerprint density at radius 3 is 2.60 bits per heavy atom. The topological polar surface area (TPSA) is 50.3 Å². The molecule has 1 aromatic rings. The van der Waals surface area contributed by atoms with Crippen LogP contribution in [-0.4, -0.2) is 42.8 Å². The van der Waals surface area contributed by atoms with Crippen LogP contribution in [0.1, 0.15) is 38.8 Å². The smallest absolute Gasteiger partial charge is 0.227 e. The quantitative estimate of drug-likeness (QED) is 0.784. The Morgan fingerprint density at radius 1 is 1.30 bits per heavy atom. The Bertz CT molecular complexity index is 447. The average molecular weight is 390 g/mol. The predicted octanol–water partition coefficient (Wildman–Crippen LogP) is 2.86. The van der Waals surface area contributed by atoms with E-state index in [1.807, 2.05) is 0 Å². The molecule has 112 valence electrons. The zero-order chi connectivity index (χ0) is 14.5. The minimum Gasteiger partial charge on any atom is -0.378 e. The first-order valence-electron chi connectivity index (χ1n) is 7.27. The molecule has 0 spiro atoms. The van der Waals surface area contributed by atoms with Gasteiger partial charge >= 0.3 is 0 Å². The van der Waals surface area contributed by atoms with Crippen molar-refractivity contribution in [2.45, 2.75) is 33.1 Å². The van der Waals surface area contributed by atoms with Gasteiger partial charge in [0.05, 0.1) is 22.5 Å². The van der Waals surface area contributed by atoms with Crippen LogP contribution in [0.25, 0.3) is 0 Å². The molecule has 5 nitrogen and oxygen atoms in total. The first-order valence-corrected chi connectivity index (χ1v) is 8.35. The molecule has 0 unspecified atom stereocenters. The minimum atomic E-state index is 0.395. The maximum absolute atomic E-state index is 5.40. The van der Waals surface area contributed by atoms with Gasteiger partial charge in [-0.05, 0) is 34.9 Å². The van der Waals surface area contributed by atoms with Crippen molar-refractivity contribution in [3.63, 3.8) is 0 Å². The lowest BCUT2D eigenvalue weighted by Crippen LogP contribution is -2.37. The minimum absolute atomic E-state index is 0.395. The van der Waals surface area contributed by atoms with Gasteiger partial charge in [-0.15, -0.1) is 0 Å². The van der Waals surface area contributed by atoms with Crippen LogP contribution < -0.4 is 10.2 Å². The molecule has 6 heteroatoms. The van der Waals surface area contributed by atoms with Crippen molar-refractivity contribution in [2.75, 3.05) is 43.1 Å². The maximum Gasteiger partial charge on any atom is 0.227 e. The van der Waals surface area contributed by atoms with Crippen molar-refractivity contribution in [2.24, 2.45) is 0 Å². The number of nitrogens with zero attached hydrogens (tertiary/aromatic N) is 3. The monoisotopic (exact) mass is 390 g/mol. The van der Waals surface area contributed by atoms with Crippen LogP contribution >= 0.6 is 22.6 Å². The molecule has 0 radical (unpaired) electrons. The SMILES string of the molecule is CCCNc1nc(N2CCOCC2)nc(C(C)C)c1I. The number of nitrogens with one attached hydrogen (secondary N) is 1. The van der Waals surface area contributed by atoms with E-state index in [4.69, 9.17) is 14.7 Å². The third-order valence-corrected chi connectivity index (χ3v) is 4.31. The summed E-state index contributed by atoms with van der Waals surface area (Å²) in [5.74, 6) is 2.19. The summed E-state index contributed by atoms with van der Waals surface area (Å²) in [5.41, 5.74) is 1.13. The second kappa shape index (κ2) is 7.40. The summed E-state index contributed by atoms with van der Waals surface area (Å²) in [6, 6.07) is 0. The highest BCUT2D eigenvalue weighted by atomic mass is 127. The van der Waals surface area contributed by atoms with Gasteiger partial charge in [0.1, 0.15) is 5.82 Å². The van der Waals surface area contributed by atoms with Gasteiger partial charge in [0.25, 0.3) is 0 Å². The number of aromatic nitrogens is 2. The largest absolute Gasteiger partial charge is 0.378 e. The van der Waals surface area contributed by atoms with Crippen LogP contribution in [-0.2, 0) is 4.74 Å². The molecule has 0 aliphatic carbocycles. The van der Waals surface area contributed by atoms with Crippen LogP contribution in [0.5, 0.6) is 0 Å². The van der Waals surface area contributed by atoms with Crippen molar-refractivity contribution in [1.29, 1.82) is 0 Å². The summed E-state index contributed by atoms with van der Waals surface area (Å²) in [4.78, 5) is 11.7. The fourth-order valence-electron chi connectivity index (χ4n) is 2.10. The van der Waals surface area contributed by atoms with E-state index in [-0.39, 0.29) is 0 Å². The Morgan fingerprint density at radius 2 is 2.00 bits per heavy atom. The van der Waals surface area contributed by atoms with Crippen LogP contribution in [0.15, 0.2) is 0 Å². The summed E-state index contributed by atoms with van der Waals surface area (Å²) in [5, 5.41) is 3.42. The number of rotatable bonds is 5. The van der Waals surface area contributed by atoms with E-state index in [0.29, 0.717) is 5.92 Å². The van der Waals surface area contributed by atoms with Crippen LogP contribution in [0.3, 0.4) is 0 Å². The summed E-state index contributed by atoms with van der Waals surface area (Å²) in [6.07, 6.45) is 1.09. The van der Waals surface area contributed by atoms with Crippen LogP contribution in [0.4, 0.5) is 11.8 Å². The highest BCUT2D eigenvalue weighted by molar-refractivity contribution is 14.1. The normalized spacial score (nSPS) is 15.8. The van der Waals surface area contributed by atoms with E-state index in [2.05, 4.69) is 53.6 Å². The van der Waals surface area contributed by atoms with Gasteiger partial charge in [-0.3, -0.25) is 0 Å². The predicted molar refractivity (Wildman–Crippen MR) is 90.7 cm³/mol. The lowest BCUT2D eigenvalue weighted by atomic mass is 10.1. The van der Waals surface area contributed by atoms with Crippen LogP contribution in [0.2, 0.25) is 0 Å². The number of halogens is 1. The van der Waals surface area contributed by atoms with Gasteiger partial charge in [-0.2, -0.15) is 4.98 Å². The molecule has 0 saturated carbocycles. The Balaban J connectivity index is 2.32. The summed E-state index contributed by atoms with van der Waals surface area (Å²) >= 11 is 2.35. The maximum atomic E-state index is 5.40. The second-order valence-electron chi connectivity index (χ2n) is 5.25. The zero-order valence-electron chi connectivity index (χ0n) is 12.4. The van der Waals surface area contributed by atoms with Gasteiger partial charge in [0, 0.05) is 19.6 Å². The lowest BCUT2D eigenvalue weighted by molar-refractivity contribution is 0.122. The number of ether oxygens (including phenoxy) is 1. The molecule has 0 atom stereocenters. The summed E-state index contributed by atoms with van der Waals surface area (Å²) in [6.45, 7) is 10.7. The molecule has 1 aliphatic heterocycles. The Hall–Kier alpha value is -0.630. The molecule has 1 aromatic heterocycles. The second-order valence-corrected chi connectivity index (χ2v) is 6.33. The van der Waals surface area contributed by atoms with Crippen molar-refractivity contribution in [1.82, 2.24) is 9.97 Å². The molecular weight excluding hydrogens is 367 g/mol. The highest BCUT2D eigenvalue weighted by Crippen LogP contribution is 2.27. The molecule has 20 heavy (non-hydrogen) atoms. The van der Waals surface area contributed by atoms with Crippen LogP contribution in [0, 0.1) is 3.57 Å². The summed E-state index contributed by atoms with van der Waals surface area (Å²) in [7, 11) is 0. The molecule has 0 aromatic carbocycles. The molecule has 0 amide bonds. The summed E-state index contributed by atoms with van der Waals surface area (Å²) < 4.78 is 6.55. The van der Waals surface area contributed by atoms with E-state index < -0.39 is 0 Å². The Kier molecular flexibility index (Phi) is 5.83. The molecule has 1 aliphatic rings. The van der Waals surface area contributed by atoms with Gasteiger partial charge in [0.2, 0.25) is 5.95 Å². The van der Waals surface area contributed by atoms with Crippen molar-refractivity contribution in [3.8, 4) is 0 Å². The number of anilines is 2. The van der Waals surface area contributed by atoms with E-state index in [1.165, 1.54) is 0 Å². The average Bonchev–Trinajstić information content (AvgIpc) is 2.46. The van der Waals surface area contributed by atoms with Gasteiger partial charge in [-0.1, -0.05) is 20.8 Å². The van der Waals surface area contributed by atoms with E-state index >= 15 is 0 Å². The van der Waals surface area contributed by atoms with E-state index in [9.17, 15) is 0 Å². The lowest BCUT2D eigenvalue weighted by Gasteiger charge is -2.28. The Labute approximate surface area is 134 Å². The highest BCUT2D eigenvalue weighted by Gasteiger charge is 2.19. The van der Waals surface area contributed by atoms with E-state index in [0.717, 1.165) is 60.3 Å². The van der Waals surface area contributed by atoms with Crippen molar-refractivity contribution < 1.29 is 4.74 Å². The van der Waals surface area contributed by atoms with Gasteiger partial charge in [0.15, 0.2) is 0 Å². The molecule has 1 N–H and O–H groups in total. The number of hydrogen-bond donors (Lipinski definition) is 1. The van der Waals surface area contributed by atoms with Gasteiger partial charge < -0.3 is 15.0 Å². The fourth-order valence-corrected chi connectivity index (χ4v) is 3.15.